The van der Waals surface area contributed by atoms with Crippen LogP contribution in [-0.2, 0) is 19.4 Å². The number of aliphatic hydroxyl groups excluding tert-OH is 2. The molecule has 0 spiro atoms. The maximum Gasteiger partial charge on any atom is 0.133 e. The Balaban J connectivity index is 1.61. The van der Waals surface area contributed by atoms with Gasteiger partial charge in [-0.15, -0.1) is 0 Å². The summed E-state index contributed by atoms with van der Waals surface area (Å²) in [4.78, 5) is 6.62. The van der Waals surface area contributed by atoms with E-state index in [4.69, 9.17) is 10.8 Å². The standard InChI is InChI=1S/C22H22FN3O2/c23-19-11-14(4-5-16(19)13-27)10-15-6-8-25-21(12-15)26-9-7-17-18(22(24)28)2-1-3-20(17)26/h1-6,8,11-12,22,27-28H,7,9-10,13,24H2. The second-order valence-corrected chi connectivity index (χ2v) is 6.97. The molecule has 1 aromatic heterocycles. The first-order valence-electron chi connectivity index (χ1n) is 9.23. The van der Waals surface area contributed by atoms with E-state index in [1.807, 2.05) is 36.4 Å². The first-order valence-corrected chi connectivity index (χ1v) is 9.23. The van der Waals surface area contributed by atoms with Crippen LogP contribution in [0.4, 0.5) is 15.9 Å². The predicted molar refractivity (Wildman–Crippen MR) is 106 cm³/mol. The maximum atomic E-state index is 13.9. The van der Waals surface area contributed by atoms with E-state index in [0.717, 1.165) is 46.7 Å². The highest BCUT2D eigenvalue weighted by atomic mass is 19.1. The molecule has 5 nitrogen and oxygen atoms in total. The van der Waals surface area contributed by atoms with Crippen LogP contribution in [-0.4, -0.2) is 21.7 Å². The smallest absolute Gasteiger partial charge is 0.133 e. The third kappa shape index (κ3) is 3.49. The summed E-state index contributed by atoms with van der Waals surface area (Å²) in [7, 11) is 0. The average molecular weight is 379 g/mol. The summed E-state index contributed by atoms with van der Waals surface area (Å²) >= 11 is 0. The molecule has 2 aromatic carbocycles. The zero-order valence-corrected chi connectivity index (χ0v) is 15.3. The molecule has 6 heteroatoms. The van der Waals surface area contributed by atoms with Gasteiger partial charge in [0.25, 0.3) is 0 Å². The molecule has 3 aromatic rings. The van der Waals surface area contributed by atoms with E-state index in [1.165, 1.54) is 6.07 Å². The molecule has 1 aliphatic rings. The van der Waals surface area contributed by atoms with Crippen LogP contribution in [0.1, 0.15) is 34.0 Å². The van der Waals surface area contributed by atoms with Gasteiger partial charge in [-0.3, -0.25) is 0 Å². The van der Waals surface area contributed by atoms with Crippen LogP contribution >= 0.6 is 0 Å². The quantitative estimate of drug-likeness (QED) is 0.594. The van der Waals surface area contributed by atoms with Gasteiger partial charge in [-0.25, -0.2) is 9.37 Å². The van der Waals surface area contributed by atoms with Crippen molar-refractivity contribution in [3.05, 3.63) is 88.4 Å². The van der Waals surface area contributed by atoms with Crippen molar-refractivity contribution in [2.24, 2.45) is 5.73 Å². The largest absolute Gasteiger partial charge is 0.392 e. The van der Waals surface area contributed by atoms with E-state index in [1.54, 1.807) is 12.3 Å². The van der Waals surface area contributed by atoms with Gasteiger partial charge >= 0.3 is 0 Å². The fourth-order valence-electron chi connectivity index (χ4n) is 3.76. The highest BCUT2D eigenvalue weighted by molar-refractivity contribution is 5.69. The molecular weight excluding hydrogens is 357 g/mol. The summed E-state index contributed by atoms with van der Waals surface area (Å²) in [5, 5.41) is 18.9. The Hall–Kier alpha value is -2.80. The number of rotatable bonds is 5. The second-order valence-electron chi connectivity index (χ2n) is 6.97. The van der Waals surface area contributed by atoms with Crippen molar-refractivity contribution in [1.82, 2.24) is 4.98 Å². The molecule has 4 N–H and O–H groups in total. The average Bonchev–Trinajstić information content (AvgIpc) is 3.12. The Labute approximate surface area is 162 Å². The molecule has 0 radical (unpaired) electrons. The molecular formula is C22H22FN3O2. The molecule has 0 saturated heterocycles. The Morgan fingerprint density at radius 3 is 2.71 bits per heavy atom. The third-order valence-corrected chi connectivity index (χ3v) is 5.16. The van der Waals surface area contributed by atoms with Gasteiger partial charge in [-0.2, -0.15) is 0 Å². The molecule has 0 bridgehead atoms. The second kappa shape index (κ2) is 7.67. The minimum Gasteiger partial charge on any atom is -0.392 e. The third-order valence-electron chi connectivity index (χ3n) is 5.16. The number of nitrogens with two attached hydrogens (primary N) is 1. The van der Waals surface area contributed by atoms with Crippen LogP contribution in [0.15, 0.2) is 54.7 Å². The summed E-state index contributed by atoms with van der Waals surface area (Å²) in [5.74, 6) is 0.419. The van der Waals surface area contributed by atoms with Gasteiger partial charge in [0.15, 0.2) is 0 Å². The first-order chi connectivity index (χ1) is 13.6. The van der Waals surface area contributed by atoms with Crippen molar-refractivity contribution in [3.63, 3.8) is 0 Å². The van der Waals surface area contributed by atoms with Crippen molar-refractivity contribution in [2.75, 3.05) is 11.4 Å². The van der Waals surface area contributed by atoms with Gasteiger partial charge < -0.3 is 20.8 Å². The van der Waals surface area contributed by atoms with Crippen molar-refractivity contribution in [1.29, 1.82) is 0 Å². The van der Waals surface area contributed by atoms with Crippen LogP contribution in [0.25, 0.3) is 0 Å². The lowest BCUT2D eigenvalue weighted by Crippen LogP contribution is -2.15. The number of pyridine rings is 1. The highest BCUT2D eigenvalue weighted by Gasteiger charge is 2.25. The van der Waals surface area contributed by atoms with Crippen LogP contribution in [0.3, 0.4) is 0 Å². The van der Waals surface area contributed by atoms with Gasteiger partial charge in [0.05, 0.1) is 6.61 Å². The number of aromatic nitrogens is 1. The van der Waals surface area contributed by atoms with Crippen LogP contribution in [0, 0.1) is 5.82 Å². The number of aliphatic hydroxyl groups is 2. The van der Waals surface area contributed by atoms with Gasteiger partial charge in [0, 0.05) is 29.6 Å². The van der Waals surface area contributed by atoms with Crippen LogP contribution < -0.4 is 10.6 Å². The highest BCUT2D eigenvalue weighted by Crippen LogP contribution is 2.37. The Kier molecular flexibility index (Phi) is 5.09. The van der Waals surface area contributed by atoms with Crippen molar-refractivity contribution < 1.29 is 14.6 Å². The molecule has 0 saturated carbocycles. The van der Waals surface area contributed by atoms with Gasteiger partial charge in [-0.1, -0.05) is 24.3 Å². The fourth-order valence-corrected chi connectivity index (χ4v) is 3.76. The zero-order chi connectivity index (χ0) is 19.7. The molecule has 4 rings (SSSR count). The number of anilines is 2. The molecule has 1 unspecified atom stereocenters. The molecule has 1 aliphatic heterocycles. The van der Waals surface area contributed by atoms with Gasteiger partial charge in [0.1, 0.15) is 17.9 Å². The SMILES string of the molecule is NC(O)c1cccc2c1CCN2c1cc(Cc2ccc(CO)c(F)c2)ccn1. The minimum absolute atomic E-state index is 0.297. The van der Waals surface area contributed by atoms with E-state index in [2.05, 4.69) is 9.88 Å². The summed E-state index contributed by atoms with van der Waals surface area (Å²) in [6.07, 6.45) is 2.12. The van der Waals surface area contributed by atoms with Crippen LogP contribution in [0.2, 0.25) is 0 Å². The number of hydrogen-bond acceptors (Lipinski definition) is 5. The normalized spacial score (nSPS) is 14.2. The lowest BCUT2D eigenvalue weighted by atomic mass is 10.0. The summed E-state index contributed by atoms with van der Waals surface area (Å²) in [6.45, 7) is 0.453. The fraction of sp³-hybridized carbons (Fsp3) is 0.227. The number of fused-ring (bicyclic) bond motifs is 1. The molecule has 0 aliphatic carbocycles. The monoisotopic (exact) mass is 379 g/mol. The molecule has 0 fully saturated rings. The predicted octanol–water partition coefficient (Wildman–Crippen LogP) is 2.95. The molecule has 0 amide bonds. The summed E-state index contributed by atoms with van der Waals surface area (Å²) < 4.78 is 13.9. The summed E-state index contributed by atoms with van der Waals surface area (Å²) in [6, 6.07) is 14.6. The number of benzene rings is 2. The van der Waals surface area contributed by atoms with Gasteiger partial charge in [0.2, 0.25) is 0 Å². The Bertz CT molecular complexity index is 1010. The number of hydrogen-bond donors (Lipinski definition) is 3. The Morgan fingerprint density at radius 1 is 1.14 bits per heavy atom. The first kappa shape index (κ1) is 18.6. The van der Waals surface area contributed by atoms with Crippen molar-refractivity contribution in [2.45, 2.75) is 25.7 Å². The zero-order valence-electron chi connectivity index (χ0n) is 15.3. The Morgan fingerprint density at radius 2 is 1.96 bits per heavy atom. The number of nitrogens with zero attached hydrogens (tertiary/aromatic N) is 2. The topological polar surface area (TPSA) is 82.6 Å². The minimum atomic E-state index is -0.994. The molecule has 1 atom stereocenters. The number of halogens is 1. The van der Waals surface area contributed by atoms with E-state index in [-0.39, 0.29) is 6.61 Å². The van der Waals surface area contributed by atoms with Crippen molar-refractivity contribution >= 4 is 11.5 Å². The van der Waals surface area contributed by atoms with Crippen LogP contribution in [0.5, 0.6) is 0 Å². The van der Waals surface area contributed by atoms with Gasteiger partial charge in [-0.05, 0) is 53.8 Å². The van der Waals surface area contributed by atoms with E-state index in [0.29, 0.717) is 12.0 Å². The summed E-state index contributed by atoms with van der Waals surface area (Å²) in [5.41, 5.74) is 10.6. The van der Waals surface area contributed by atoms with E-state index >= 15 is 0 Å². The van der Waals surface area contributed by atoms with E-state index < -0.39 is 12.0 Å². The van der Waals surface area contributed by atoms with E-state index in [9.17, 15) is 9.50 Å². The van der Waals surface area contributed by atoms with Crippen molar-refractivity contribution in [3.8, 4) is 0 Å². The maximum absolute atomic E-state index is 13.9. The molecule has 28 heavy (non-hydrogen) atoms. The lowest BCUT2D eigenvalue weighted by Gasteiger charge is -2.20. The lowest BCUT2D eigenvalue weighted by molar-refractivity contribution is 0.185. The molecule has 2 heterocycles. The molecule has 144 valence electrons.